The maximum atomic E-state index is 9.37. The zero-order valence-corrected chi connectivity index (χ0v) is 9.03. The number of benzene rings is 1. The maximum Gasteiger partial charge on any atom is 0.300 e. The van der Waals surface area contributed by atoms with Gasteiger partial charge in [-0.2, -0.15) is 0 Å². The van der Waals surface area contributed by atoms with Crippen LogP contribution in [0.5, 0.6) is 5.75 Å². The summed E-state index contributed by atoms with van der Waals surface area (Å²) in [4.78, 5) is 9.00. The van der Waals surface area contributed by atoms with E-state index in [9.17, 15) is 5.11 Å². The van der Waals surface area contributed by atoms with Crippen molar-refractivity contribution in [3.8, 4) is 5.75 Å². The lowest BCUT2D eigenvalue weighted by atomic mass is 10.1. The summed E-state index contributed by atoms with van der Waals surface area (Å²) in [5, 5.41) is 16.8. The standard InChI is InChI=1S/C10H12O.C2H4O2/c1-3-5-9-8(2)6-4-7-10(9)11;1-2(3)4/h3-4,6-7,11H,1,5H2,2H3;1H3,(H,3,4). The number of hydrogen-bond acceptors (Lipinski definition) is 2. The summed E-state index contributed by atoms with van der Waals surface area (Å²) in [6.45, 7) is 6.70. The first kappa shape index (κ1) is 13.2. The van der Waals surface area contributed by atoms with E-state index in [1.165, 1.54) is 0 Å². The number of carbonyl (C=O) groups is 1. The van der Waals surface area contributed by atoms with Crippen LogP contribution in [0.4, 0.5) is 0 Å². The maximum absolute atomic E-state index is 9.37. The molecule has 0 fully saturated rings. The number of rotatable bonds is 2. The first-order valence-electron chi connectivity index (χ1n) is 4.57. The molecule has 0 atom stereocenters. The smallest absolute Gasteiger partial charge is 0.300 e. The van der Waals surface area contributed by atoms with E-state index in [1.54, 1.807) is 12.1 Å². The molecule has 0 heterocycles. The van der Waals surface area contributed by atoms with E-state index in [2.05, 4.69) is 6.58 Å². The van der Waals surface area contributed by atoms with Gasteiger partial charge in [-0.25, -0.2) is 0 Å². The van der Waals surface area contributed by atoms with Gasteiger partial charge in [0.05, 0.1) is 0 Å². The molecule has 3 heteroatoms. The van der Waals surface area contributed by atoms with E-state index in [0.717, 1.165) is 24.5 Å². The third-order valence-corrected chi connectivity index (χ3v) is 1.73. The van der Waals surface area contributed by atoms with Gasteiger partial charge in [0, 0.05) is 12.5 Å². The highest BCUT2D eigenvalue weighted by molar-refractivity contribution is 5.62. The minimum absolute atomic E-state index is 0.366. The van der Waals surface area contributed by atoms with Crippen LogP contribution >= 0.6 is 0 Å². The van der Waals surface area contributed by atoms with Crippen molar-refractivity contribution in [1.29, 1.82) is 0 Å². The van der Waals surface area contributed by atoms with Gasteiger partial charge in [-0.3, -0.25) is 4.79 Å². The van der Waals surface area contributed by atoms with Gasteiger partial charge in [-0.1, -0.05) is 18.2 Å². The first-order valence-corrected chi connectivity index (χ1v) is 4.57. The van der Waals surface area contributed by atoms with E-state index in [0.29, 0.717) is 5.75 Å². The van der Waals surface area contributed by atoms with Gasteiger partial charge >= 0.3 is 0 Å². The highest BCUT2D eigenvalue weighted by Crippen LogP contribution is 2.20. The van der Waals surface area contributed by atoms with Crippen molar-refractivity contribution in [2.45, 2.75) is 20.3 Å². The van der Waals surface area contributed by atoms with Crippen LogP contribution < -0.4 is 0 Å². The van der Waals surface area contributed by atoms with E-state index in [4.69, 9.17) is 9.90 Å². The van der Waals surface area contributed by atoms with Gasteiger partial charge in [0.15, 0.2) is 0 Å². The molecule has 1 aromatic rings. The molecule has 82 valence electrons. The molecule has 15 heavy (non-hydrogen) atoms. The summed E-state index contributed by atoms with van der Waals surface area (Å²) >= 11 is 0. The molecule has 0 unspecified atom stereocenters. The lowest BCUT2D eigenvalue weighted by molar-refractivity contribution is -0.134. The van der Waals surface area contributed by atoms with E-state index < -0.39 is 5.97 Å². The Bertz CT molecular complexity index is 318. The monoisotopic (exact) mass is 208 g/mol. The number of carboxylic acid groups (broad SMARTS) is 1. The van der Waals surface area contributed by atoms with Crippen LogP contribution in [0.2, 0.25) is 0 Å². The number of hydrogen-bond donors (Lipinski definition) is 2. The minimum Gasteiger partial charge on any atom is -0.508 e. The molecule has 0 saturated heterocycles. The fraction of sp³-hybridized carbons (Fsp3) is 0.250. The Balaban J connectivity index is 0.000000423. The average molecular weight is 208 g/mol. The Labute approximate surface area is 89.7 Å². The van der Waals surface area contributed by atoms with Crippen LogP contribution in [0, 0.1) is 6.92 Å². The molecule has 0 amide bonds. The summed E-state index contributed by atoms with van der Waals surface area (Å²) in [6, 6.07) is 5.53. The Morgan fingerprint density at radius 2 is 2.07 bits per heavy atom. The number of phenols is 1. The summed E-state index contributed by atoms with van der Waals surface area (Å²) < 4.78 is 0. The highest BCUT2D eigenvalue weighted by atomic mass is 16.4. The fourth-order valence-corrected chi connectivity index (χ4v) is 1.10. The number of aromatic hydroxyl groups is 1. The second kappa shape index (κ2) is 6.65. The second-order valence-corrected chi connectivity index (χ2v) is 3.08. The van der Waals surface area contributed by atoms with Crippen molar-refractivity contribution < 1.29 is 15.0 Å². The quantitative estimate of drug-likeness (QED) is 0.734. The number of aliphatic carboxylic acids is 1. The molecule has 1 aromatic carbocycles. The molecule has 0 saturated carbocycles. The Hall–Kier alpha value is -1.77. The molecule has 0 aliphatic heterocycles. The summed E-state index contributed by atoms with van der Waals surface area (Å²) in [7, 11) is 0. The fourth-order valence-electron chi connectivity index (χ4n) is 1.10. The summed E-state index contributed by atoms with van der Waals surface area (Å²) in [5.41, 5.74) is 2.09. The first-order chi connectivity index (χ1) is 6.99. The van der Waals surface area contributed by atoms with E-state index in [1.807, 2.05) is 19.1 Å². The Kier molecular flexibility index (Phi) is 5.86. The van der Waals surface area contributed by atoms with Gasteiger partial charge in [-0.05, 0) is 25.0 Å². The predicted molar refractivity (Wildman–Crippen MR) is 60.1 cm³/mol. The normalized spacial score (nSPS) is 8.67. The average Bonchev–Trinajstić information content (AvgIpc) is 2.11. The molecule has 2 N–H and O–H groups in total. The number of phenolic OH excluding ortho intramolecular Hbond substituents is 1. The van der Waals surface area contributed by atoms with Crippen molar-refractivity contribution in [2.75, 3.05) is 0 Å². The van der Waals surface area contributed by atoms with Crippen LogP contribution in [-0.4, -0.2) is 16.2 Å². The molecule has 0 radical (unpaired) electrons. The van der Waals surface area contributed by atoms with Crippen LogP contribution in [-0.2, 0) is 11.2 Å². The zero-order chi connectivity index (χ0) is 11.8. The van der Waals surface area contributed by atoms with Gasteiger partial charge in [0.2, 0.25) is 0 Å². The lowest BCUT2D eigenvalue weighted by Gasteiger charge is -2.04. The van der Waals surface area contributed by atoms with Crippen molar-refractivity contribution in [3.05, 3.63) is 42.0 Å². The second-order valence-electron chi connectivity index (χ2n) is 3.08. The van der Waals surface area contributed by atoms with Crippen molar-refractivity contribution in [2.24, 2.45) is 0 Å². The number of allylic oxidation sites excluding steroid dienone is 1. The van der Waals surface area contributed by atoms with Crippen molar-refractivity contribution >= 4 is 5.97 Å². The third-order valence-electron chi connectivity index (χ3n) is 1.73. The van der Waals surface area contributed by atoms with E-state index >= 15 is 0 Å². The van der Waals surface area contributed by atoms with Crippen LogP contribution in [0.15, 0.2) is 30.9 Å². The molecule has 1 rings (SSSR count). The third kappa shape index (κ3) is 5.52. The number of carboxylic acids is 1. The number of aryl methyl sites for hydroxylation is 1. The van der Waals surface area contributed by atoms with Crippen LogP contribution in [0.1, 0.15) is 18.1 Å². The SMILES string of the molecule is C=CCc1c(C)cccc1O.CC(=O)O. The Morgan fingerprint density at radius 1 is 1.53 bits per heavy atom. The molecule has 0 spiro atoms. The molecular weight excluding hydrogens is 192 g/mol. The van der Waals surface area contributed by atoms with Crippen molar-refractivity contribution in [3.63, 3.8) is 0 Å². The molecule has 0 aliphatic carbocycles. The topological polar surface area (TPSA) is 57.5 Å². The summed E-state index contributed by atoms with van der Waals surface area (Å²) in [6.07, 6.45) is 2.53. The minimum atomic E-state index is -0.833. The molecule has 3 nitrogen and oxygen atoms in total. The highest BCUT2D eigenvalue weighted by Gasteiger charge is 2.00. The van der Waals surface area contributed by atoms with Crippen LogP contribution in [0.3, 0.4) is 0 Å². The largest absolute Gasteiger partial charge is 0.508 e. The lowest BCUT2D eigenvalue weighted by Crippen LogP contribution is -1.86. The van der Waals surface area contributed by atoms with Gasteiger partial charge in [0.25, 0.3) is 5.97 Å². The predicted octanol–water partition coefficient (Wildman–Crippen LogP) is 2.52. The zero-order valence-electron chi connectivity index (χ0n) is 9.03. The van der Waals surface area contributed by atoms with Crippen molar-refractivity contribution in [1.82, 2.24) is 0 Å². The molecule has 0 aliphatic rings. The summed E-state index contributed by atoms with van der Waals surface area (Å²) in [5.74, 6) is -0.468. The molecule has 0 aromatic heterocycles. The van der Waals surface area contributed by atoms with Gasteiger partial charge < -0.3 is 10.2 Å². The van der Waals surface area contributed by atoms with Crippen LogP contribution in [0.25, 0.3) is 0 Å². The Morgan fingerprint density at radius 3 is 2.47 bits per heavy atom. The van der Waals surface area contributed by atoms with Gasteiger partial charge in [-0.15, -0.1) is 6.58 Å². The molecule has 0 bridgehead atoms. The van der Waals surface area contributed by atoms with Gasteiger partial charge in [0.1, 0.15) is 5.75 Å². The molecular formula is C12H16O3. The van der Waals surface area contributed by atoms with E-state index in [-0.39, 0.29) is 0 Å².